The lowest BCUT2D eigenvalue weighted by atomic mass is 10.1. The van der Waals surface area contributed by atoms with Crippen molar-refractivity contribution in [2.45, 2.75) is 12.3 Å². The van der Waals surface area contributed by atoms with E-state index in [0.717, 1.165) is 0 Å². The van der Waals surface area contributed by atoms with Gasteiger partial charge in [0.1, 0.15) is 0 Å². The third-order valence-electron chi connectivity index (χ3n) is 2.06. The Morgan fingerprint density at radius 3 is 2.71 bits per heavy atom. The SMILES string of the molecule is CCOC(=O)C(Cl)c1cc(Cl)c(O)c(OC)c1. The largest absolute Gasteiger partial charge is 0.503 e. The number of phenols is 1. The summed E-state index contributed by atoms with van der Waals surface area (Å²) >= 11 is 11.7. The molecule has 0 saturated heterocycles. The van der Waals surface area contributed by atoms with Crippen molar-refractivity contribution in [3.63, 3.8) is 0 Å². The smallest absolute Gasteiger partial charge is 0.328 e. The molecule has 0 bridgehead atoms. The summed E-state index contributed by atoms with van der Waals surface area (Å²) in [7, 11) is 1.38. The first-order valence-corrected chi connectivity index (χ1v) is 5.69. The van der Waals surface area contributed by atoms with Crippen molar-refractivity contribution in [2.24, 2.45) is 0 Å². The van der Waals surface area contributed by atoms with Crippen LogP contribution in [0.3, 0.4) is 0 Å². The highest BCUT2D eigenvalue weighted by Gasteiger charge is 2.21. The molecule has 0 aliphatic rings. The molecule has 1 unspecified atom stereocenters. The van der Waals surface area contributed by atoms with Gasteiger partial charge in [0.15, 0.2) is 16.9 Å². The van der Waals surface area contributed by atoms with E-state index in [4.69, 9.17) is 32.7 Å². The molecule has 0 amide bonds. The van der Waals surface area contributed by atoms with Gasteiger partial charge < -0.3 is 14.6 Å². The number of alkyl halides is 1. The van der Waals surface area contributed by atoms with Crippen molar-refractivity contribution < 1.29 is 19.4 Å². The molecule has 0 fully saturated rings. The summed E-state index contributed by atoms with van der Waals surface area (Å²) in [6.45, 7) is 1.93. The maximum atomic E-state index is 11.4. The van der Waals surface area contributed by atoms with E-state index in [-0.39, 0.29) is 23.1 Å². The number of halogens is 2. The van der Waals surface area contributed by atoms with Crippen LogP contribution in [0.4, 0.5) is 0 Å². The minimum Gasteiger partial charge on any atom is -0.503 e. The lowest BCUT2D eigenvalue weighted by Crippen LogP contribution is -2.11. The number of methoxy groups -OCH3 is 1. The molecule has 1 aromatic carbocycles. The number of phenolic OH excluding ortho intramolecular Hbond substituents is 1. The molecule has 0 saturated carbocycles. The normalized spacial score (nSPS) is 12.0. The zero-order chi connectivity index (χ0) is 13.0. The van der Waals surface area contributed by atoms with Gasteiger partial charge in [-0.25, -0.2) is 0 Å². The van der Waals surface area contributed by atoms with Gasteiger partial charge in [-0.3, -0.25) is 4.79 Å². The lowest BCUT2D eigenvalue weighted by Gasteiger charge is -2.12. The topological polar surface area (TPSA) is 55.8 Å². The number of aromatic hydroxyl groups is 1. The molecule has 6 heteroatoms. The van der Waals surface area contributed by atoms with Gasteiger partial charge in [-0.15, -0.1) is 11.6 Å². The number of hydrogen-bond acceptors (Lipinski definition) is 4. The minimum absolute atomic E-state index is 0.0642. The molecule has 4 nitrogen and oxygen atoms in total. The molecular formula is C11H12Cl2O4. The van der Waals surface area contributed by atoms with Crippen LogP contribution >= 0.6 is 23.2 Å². The van der Waals surface area contributed by atoms with Gasteiger partial charge in [0.25, 0.3) is 0 Å². The van der Waals surface area contributed by atoms with Crippen molar-refractivity contribution >= 4 is 29.2 Å². The summed E-state index contributed by atoms with van der Waals surface area (Å²) in [5.41, 5.74) is 0.407. The number of ether oxygens (including phenoxy) is 2. The van der Waals surface area contributed by atoms with Crippen LogP contribution in [-0.2, 0) is 9.53 Å². The number of esters is 1. The van der Waals surface area contributed by atoms with Gasteiger partial charge in [0.2, 0.25) is 0 Å². The van der Waals surface area contributed by atoms with Crippen LogP contribution in [-0.4, -0.2) is 24.8 Å². The molecule has 0 aromatic heterocycles. The molecular weight excluding hydrogens is 267 g/mol. The second-order valence-corrected chi connectivity index (χ2v) is 4.01. The molecule has 94 valence electrons. The summed E-state index contributed by atoms with van der Waals surface area (Å²) in [5, 5.41) is 8.61. The molecule has 0 aliphatic carbocycles. The highest BCUT2D eigenvalue weighted by atomic mass is 35.5. The van der Waals surface area contributed by atoms with Crippen molar-refractivity contribution in [2.75, 3.05) is 13.7 Å². The van der Waals surface area contributed by atoms with E-state index in [1.165, 1.54) is 19.2 Å². The van der Waals surface area contributed by atoms with Gasteiger partial charge in [-0.05, 0) is 24.6 Å². The highest BCUT2D eigenvalue weighted by molar-refractivity contribution is 6.33. The third kappa shape index (κ3) is 3.17. The number of rotatable bonds is 4. The van der Waals surface area contributed by atoms with Gasteiger partial charge in [0, 0.05) is 0 Å². The Kier molecular flexibility index (Phi) is 4.90. The Morgan fingerprint density at radius 1 is 1.53 bits per heavy atom. The number of hydrogen-bond donors (Lipinski definition) is 1. The molecule has 0 spiro atoms. The van der Waals surface area contributed by atoms with Gasteiger partial charge in [-0.1, -0.05) is 11.6 Å². The van der Waals surface area contributed by atoms with E-state index in [1.807, 2.05) is 0 Å². The van der Waals surface area contributed by atoms with E-state index in [0.29, 0.717) is 5.56 Å². The molecule has 1 atom stereocenters. The quantitative estimate of drug-likeness (QED) is 0.680. The van der Waals surface area contributed by atoms with Crippen molar-refractivity contribution in [3.8, 4) is 11.5 Å². The third-order valence-corrected chi connectivity index (χ3v) is 2.78. The predicted octanol–water partition coefficient (Wildman–Crippen LogP) is 2.90. The van der Waals surface area contributed by atoms with Crippen molar-refractivity contribution in [3.05, 3.63) is 22.7 Å². The van der Waals surface area contributed by atoms with E-state index in [2.05, 4.69) is 0 Å². The first kappa shape index (κ1) is 13.9. The fourth-order valence-electron chi connectivity index (χ4n) is 1.25. The Hall–Kier alpha value is -1.13. The van der Waals surface area contributed by atoms with Crippen LogP contribution in [0.25, 0.3) is 0 Å². The zero-order valence-corrected chi connectivity index (χ0v) is 10.9. The van der Waals surface area contributed by atoms with Crippen molar-refractivity contribution in [1.29, 1.82) is 0 Å². The van der Waals surface area contributed by atoms with Crippen LogP contribution in [0, 0.1) is 0 Å². The summed E-state index contributed by atoms with van der Waals surface area (Å²) < 4.78 is 9.70. The standard InChI is InChI=1S/C11H12Cl2O4/c1-3-17-11(15)9(13)6-4-7(12)10(14)8(5-6)16-2/h4-5,9,14H,3H2,1-2H3. The van der Waals surface area contributed by atoms with Crippen LogP contribution in [0.1, 0.15) is 17.9 Å². The minimum atomic E-state index is -0.984. The molecule has 0 heterocycles. The second-order valence-electron chi connectivity index (χ2n) is 3.17. The van der Waals surface area contributed by atoms with Gasteiger partial charge in [-0.2, -0.15) is 0 Å². The zero-order valence-electron chi connectivity index (χ0n) is 9.37. The summed E-state index contributed by atoms with van der Waals surface area (Å²) in [6.07, 6.45) is 0. The van der Waals surface area contributed by atoms with Gasteiger partial charge in [0.05, 0.1) is 18.7 Å². The average Bonchev–Trinajstić information content (AvgIpc) is 2.31. The number of carbonyl (C=O) groups is 1. The summed E-state index contributed by atoms with van der Waals surface area (Å²) in [4.78, 5) is 11.4. The molecule has 0 radical (unpaired) electrons. The van der Waals surface area contributed by atoms with E-state index >= 15 is 0 Å². The average molecular weight is 279 g/mol. The number of benzene rings is 1. The number of carbonyl (C=O) groups excluding carboxylic acids is 1. The molecule has 17 heavy (non-hydrogen) atoms. The van der Waals surface area contributed by atoms with Gasteiger partial charge >= 0.3 is 5.97 Å². The van der Waals surface area contributed by atoms with Crippen LogP contribution in [0.2, 0.25) is 5.02 Å². The van der Waals surface area contributed by atoms with Crippen LogP contribution in [0.15, 0.2) is 12.1 Å². The Morgan fingerprint density at radius 2 is 2.18 bits per heavy atom. The van der Waals surface area contributed by atoms with Crippen LogP contribution in [0.5, 0.6) is 11.5 Å². The fraction of sp³-hybridized carbons (Fsp3) is 0.364. The lowest BCUT2D eigenvalue weighted by molar-refractivity contribution is -0.142. The first-order chi connectivity index (χ1) is 8.01. The monoisotopic (exact) mass is 278 g/mol. The molecule has 1 N–H and O–H groups in total. The fourth-order valence-corrected chi connectivity index (χ4v) is 1.66. The Bertz CT molecular complexity index is 420. The maximum absolute atomic E-state index is 11.4. The Labute approximate surface area is 109 Å². The first-order valence-electron chi connectivity index (χ1n) is 4.88. The van der Waals surface area contributed by atoms with E-state index in [9.17, 15) is 9.90 Å². The predicted molar refractivity (Wildman–Crippen MR) is 64.9 cm³/mol. The Balaban J connectivity index is 3.06. The highest BCUT2D eigenvalue weighted by Crippen LogP contribution is 2.38. The van der Waals surface area contributed by atoms with Crippen LogP contribution < -0.4 is 4.74 Å². The maximum Gasteiger partial charge on any atom is 0.328 e. The second kappa shape index (κ2) is 5.98. The summed E-state index contributed by atoms with van der Waals surface area (Å²) in [5.74, 6) is -0.605. The molecule has 1 aromatic rings. The molecule has 1 rings (SSSR count). The van der Waals surface area contributed by atoms with E-state index < -0.39 is 11.3 Å². The summed E-state index contributed by atoms with van der Waals surface area (Å²) in [6, 6.07) is 2.84. The van der Waals surface area contributed by atoms with E-state index in [1.54, 1.807) is 6.92 Å². The molecule has 0 aliphatic heterocycles. The van der Waals surface area contributed by atoms with Crippen molar-refractivity contribution in [1.82, 2.24) is 0 Å².